The molecule has 6 heteroatoms. The molecule has 1 heterocycles. The first-order valence-electron chi connectivity index (χ1n) is 10.1. The topological polar surface area (TPSA) is 50.1 Å². The van der Waals surface area contributed by atoms with Gasteiger partial charge in [-0.2, -0.15) is 4.57 Å². The summed E-state index contributed by atoms with van der Waals surface area (Å²) in [5.41, 5.74) is 3.76. The Balaban J connectivity index is 1.84. The van der Waals surface area contributed by atoms with Crippen LogP contribution < -0.4 is 9.29 Å². The molecule has 4 rings (SSSR count). The van der Waals surface area contributed by atoms with E-state index in [0.29, 0.717) is 11.3 Å². The van der Waals surface area contributed by atoms with Crippen LogP contribution in [0.4, 0.5) is 4.39 Å². The Morgan fingerprint density at radius 2 is 1.59 bits per heavy atom. The molecule has 0 aliphatic heterocycles. The largest absolute Gasteiger partial charge is 0.280 e. The highest BCUT2D eigenvalue weighted by atomic mass is 32.2. The van der Waals surface area contributed by atoms with Crippen molar-refractivity contribution in [2.45, 2.75) is 11.8 Å². The Hall–Kier alpha value is -3.77. The lowest BCUT2D eigenvalue weighted by molar-refractivity contribution is -0.567. The quantitative estimate of drug-likeness (QED) is 0.429. The van der Waals surface area contributed by atoms with E-state index in [1.807, 2.05) is 66.2 Å². The second-order valence-electron chi connectivity index (χ2n) is 7.30. The molecule has 0 unspecified atom stereocenters. The first-order chi connectivity index (χ1) is 15.4. The molecular weight excluding hydrogens is 423 g/mol. The molecule has 0 spiro atoms. The van der Waals surface area contributed by atoms with Gasteiger partial charge in [-0.25, -0.2) is 12.8 Å². The number of hydrogen-bond donors (Lipinski definition) is 1. The average Bonchev–Trinajstić information content (AvgIpc) is 2.80. The van der Waals surface area contributed by atoms with Crippen molar-refractivity contribution in [2.75, 3.05) is 0 Å². The summed E-state index contributed by atoms with van der Waals surface area (Å²) in [6.45, 7) is 1.89. The Kier molecular flexibility index (Phi) is 6.14. The Morgan fingerprint density at radius 3 is 2.31 bits per heavy atom. The molecule has 3 aromatic carbocycles. The van der Waals surface area contributed by atoms with Gasteiger partial charge in [0.05, 0.1) is 16.7 Å². The van der Waals surface area contributed by atoms with Gasteiger partial charge in [0.2, 0.25) is 11.4 Å². The smallest absolute Gasteiger partial charge is 0.261 e. The van der Waals surface area contributed by atoms with Crippen LogP contribution >= 0.6 is 0 Å². The lowest BCUT2D eigenvalue weighted by Crippen LogP contribution is -2.36. The molecule has 0 fully saturated rings. The summed E-state index contributed by atoms with van der Waals surface area (Å²) in [5.74, 6) is -0.410. The summed E-state index contributed by atoms with van der Waals surface area (Å²) in [6, 6.07) is 28.0. The van der Waals surface area contributed by atoms with Crippen molar-refractivity contribution in [1.29, 1.82) is 0 Å². The summed E-state index contributed by atoms with van der Waals surface area (Å²) in [6.07, 6.45) is 3.22. The molecule has 0 saturated carbocycles. The maximum Gasteiger partial charge on any atom is 0.261 e. The SMILES string of the molecule is Cc1ccc(S(=O)(=O)N/C=C(/c2cccc(F)c2)[n+]2ccccc2-c2ccccc2)cc1. The predicted octanol–water partition coefficient (Wildman–Crippen LogP) is 4.91. The Morgan fingerprint density at radius 1 is 0.875 bits per heavy atom. The lowest BCUT2D eigenvalue weighted by atomic mass is 10.1. The molecule has 4 nitrogen and oxygen atoms in total. The standard InChI is InChI=1S/C26H22FN2O2S/c1-20-13-15-24(16-14-20)32(30,31)28-19-26(22-10-7-11-23(27)18-22)29-17-6-5-12-25(29)21-8-3-2-4-9-21/h2-19,28H,1H3/q+1/b26-19-. The zero-order valence-electron chi connectivity index (χ0n) is 17.4. The zero-order chi connectivity index (χ0) is 22.6. The van der Waals surface area contributed by atoms with Gasteiger partial charge in [-0.05, 0) is 55.5 Å². The number of aryl methyl sites for hydroxylation is 1. The van der Waals surface area contributed by atoms with Crippen LogP contribution in [0.2, 0.25) is 0 Å². The van der Waals surface area contributed by atoms with E-state index in [2.05, 4.69) is 4.72 Å². The minimum Gasteiger partial charge on any atom is -0.280 e. The van der Waals surface area contributed by atoms with E-state index in [-0.39, 0.29) is 4.90 Å². The van der Waals surface area contributed by atoms with Crippen molar-refractivity contribution >= 4 is 15.7 Å². The third kappa shape index (κ3) is 4.76. The van der Waals surface area contributed by atoms with E-state index in [4.69, 9.17) is 0 Å². The van der Waals surface area contributed by atoms with Crippen molar-refractivity contribution in [2.24, 2.45) is 0 Å². The monoisotopic (exact) mass is 445 g/mol. The summed E-state index contributed by atoms with van der Waals surface area (Å²) in [7, 11) is -3.81. The van der Waals surface area contributed by atoms with E-state index in [1.165, 1.54) is 18.3 Å². The fourth-order valence-corrected chi connectivity index (χ4v) is 4.25. The molecule has 1 aromatic heterocycles. The highest BCUT2D eigenvalue weighted by molar-refractivity contribution is 7.89. The molecule has 0 aliphatic rings. The fourth-order valence-electron chi connectivity index (χ4n) is 3.36. The van der Waals surface area contributed by atoms with Crippen LogP contribution in [0.15, 0.2) is 114 Å². The van der Waals surface area contributed by atoms with Crippen LogP contribution in [0, 0.1) is 12.7 Å². The minimum atomic E-state index is -3.81. The average molecular weight is 446 g/mol. The minimum absolute atomic E-state index is 0.152. The van der Waals surface area contributed by atoms with Gasteiger partial charge in [0.25, 0.3) is 10.0 Å². The summed E-state index contributed by atoms with van der Waals surface area (Å²) < 4.78 is 44.2. The predicted molar refractivity (Wildman–Crippen MR) is 123 cm³/mol. The summed E-state index contributed by atoms with van der Waals surface area (Å²) in [5, 5.41) is 0. The molecule has 32 heavy (non-hydrogen) atoms. The van der Waals surface area contributed by atoms with Crippen LogP contribution in [0.5, 0.6) is 0 Å². The van der Waals surface area contributed by atoms with Gasteiger partial charge in [0, 0.05) is 17.7 Å². The van der Waals surface area contributed by atoms with Gasteiger partial charge in [-0.1, -0.05) is 42.0 Å². The second kappa shape index (κ2) is 9.16. The molecule has 0 bridgehead atoms. The molecular formula is C26H22FN2O2S+. The van der Waals surface area contributed by atoms with Crippen LogP contribution in [-0.4, -0.2) is 8.42 Å². The van der Waals surface area contributed by atoms with Crippen molar-refractivity contribution < 1.29 is 17.4 Å². The van der Waals surface area contributed by atoms with Gasteiger partial charge in [0.15, 0.2) is 6.20 Å². The molecule has 0 radical (unpaired) electrons. The van der Waals surface area contributed by atoms with Gasteiger partial charge in [-0.3, -0.25) is 4.72 Å². The number of pyridine rings is 1. The number of benzene rings is 3. The third-order valence-corrected chi connectivity index (χ3v) is 6.31. The molecule has 0 atom stereocenters. The normalized spacial score (nSPS) is 11.9. The van der Waals surface area contributed by atoms with Crippen LogP contribution in [0.1, 0.15) is 11.1 Å². The van der Waals surface area contributed by atoms with E-state index < -0.39 is 15.8 Å². The Bertz CT molecular complexity index is 1370. The van der Waals surface area contributed by atoms with Gasteiger partial charge in [-0.15, -0.1) is 0 Å². The van der Waals surface area contributed by atoms with Crippen LogP contribution in [-0.2, 0) is 10.0 Å². The molecule has 160 valence electrons. The van der Waals surface area contributed by atoms with Crippen molar-refractivity contribution in [3.8, 4) is 11.3 Å². The number of rotatable bonds is 6. The van der Waals surface area contributed by atoms with E-state index >= 15 is 0 Å². The Labute approximate surface area is 187 Å². The number of aromatic nitrogens is 1. The highest BCUT2D eigenvalue weighted by Crippen LogP contribution is 2.20. The summed E-state index contributed by atoms with van der Waals surface area (Å²) >= 11 is 0. The second-order valence-corrected chi connectivity index (χ2v) is 9.01. The third-order valence-electron chi connectivity index (χ3n) is 4.99. The first kappa shape index (κ1) is 21.5. The van der Waals surface area contributed by atoms with E-state index in [1.54, 1.807) is 36.4 Å². The highest BCUT2D eigenvalue weighted by Gasteiger charge is 2.22. The van der Waals surface area contributed by atoms with Gasteiger partial charge in [0.1, 0.15) is 5.82 Å². The van der Waals surface area contributed by atoms with Gasteiger partial charge >= 0.3 is 0 Å². The number of nitrogens with one attached hydrogen (secondary N) is 1. The number of nitrogens with zero attached hydrogens (tertiary/aromatic N) is 1. The number of halogens is 1. The maximum atomic E-state index is 14.1. The van der Waals surface area contributed by atoms with Crippen molar-refractivity contribution in [3.63, 3.8) is 0 Å². The number of sulfonamides is 1. The zero-order valence-corrected chi connectivity index (χ0v) is 18.3. The molecule has 0 aliphatic carbocycles. The summed E-state index contributed by atoms with van der Waals surface area (Å²) in [4.78, 5) is 0.152. The van der Waals surface area contributed by atoms with E-state index in [0.717, 1.165) is 16.8 Å². The first-order valence-corrected chi connectivity index (χ1v) is 11.5. The molecule has 4 aromatic rings. The molecule has 0 saturated heterocycles. The van der Waals surface area contributed by atoms with Crippen LogP contribution in [0.3, 0.4) is 0 Å². The molecule has 0 amide bonds. The number of hydrogen-bond acceptors (Lipinski definition) is 2. The molecule has 1 N–H and O–H groups in total. The van der Waals surface area contributed by atoms with Crippen molar-refractivity contribution in [1.82, 2.24) is 4.72 Å². The van der Waals surface area contributed by atoms with Crippen LogP contribution in [0.25, 0.3) is 17.0 Å². The maximum absolute atomic E-state index is 14.1. The van der Waals surface area contributed by atoms with Crippen molar-refractivity contribution in [3.05, 3.63) is 126 Å². The fraction of sp³-hybridized carbons (Fsp3) is 0.0385. The van der Waals surface area contributed by atoms with Gasteiger partial charge < -0.3 is 0 Å². The lowest BCUT2D eigenvalue weighted by Gasteiger charge is -2.09. The van der Waals surface area contributed by atoms with E-state index in [9.17, 15) is 12.8 Å².